The van der Waals surface area contributed by atoms with Crippen LogP contribution in [0.15, 0.2) is 22.3 Å². The number of rotatable bonds is 1. The Kier molecular flexibility index (Phi) is 2.39. The third-order valence-corrected chi connectivity index (χ3v) is 3.12. The van der Waals surface area contributed by atoms with Crippen LogP contribution >= 0.6 is 22.9 Å². The van der Waals surface area contributed by atoms with Gasteiger partial charge in [0, 0.05) is 4.88 Å². The summed E-state index contributed by atoms with van der Waals surface area (Å²) in [5.41, 5.74) is 1.44. The third kappa shape index (κ3) is 1.58. The summed E-state index contributed by atoms with van der Waals surface area (Å²) in [6.07, 6.45) is 0. The quantitative estimate of drug-likeness (QED) is 0.812. The number of hydrogen-bond donors (Lipinski definition) is 1. The maximum absolute atomic E-state index is 11.5. The molecule has 1 N–H and O–H groups in total. The van der Waals surface area contributed by atoms with Gasteiger partial charge in [0.15, 0.2) is 0 Å². The summed E-state index contributed by atoms with van der Waals surface area (Å²) in [4.78, 5) is 12.4. The summed E-state index contributed by atoms with van der Waals surface area (Å²) in [5.74, 6) is 0. The van der Waals surface area contributed by atoms with Gasteiger partial charge in [-0.15, -0.1) is 11.3 Å². The molecule has 0 aromatic carbocycles. The van der Waals surface area contributed by atoms with Crippen LogP contribution in [0.5, 0.6) is 0 Å². The van der Waals surface area contributed by atoms with Crippen LogP contribution in [-0.4, -0.2) is 10.2 Å². The van der Waals surface area contributed by atoms with Gasteiger partial charge in [0.25, 0.3) is 5.56 Å². The van der Waals surface area contributed by atoms with E-state index in [0.29, 0.717) is 10.7 Å². The summed E-state index contributed by atoms with van der Waals surface area (Å²) in [7, 11) is 0. The molecule has 3 nitrogen and oxygen atoms in total. The molecule has 0 unspecified atom stereocenters. The van der Waals surface area contributed by atoms with Crippen molar-refractivity contribution in [3.05, 3.63) is 38.6 Å². The fourth-order valence-electron chi connectivity index (χ4n) is 1.20. The molecule has 0 aliphatic heterocycles. The van der Waals surface area contributed by atoms with Crippen LogP contribution in [0.2, 0.25) is 5.15 Å². The average Bonchev–Trinajstić information content (AvgIpc) is 2.56. The molecule has 2 aromatic rings. The minimum absolute atomic E-state index is 0.208. The highest BCUT2D eigenvalue weighted by atomic mass is 35.5. The lowest BCUT2D eigenvalue weighted by molar-refractivity contribution is 0.993. The summed E-state index contributed by atoms with van der Waals surface area (Å²) >= 11 is 7.23. The van der Waals surface area contributed by atoms with Crippen molar-refractivity contribution in [3.63, 3.8) is 0 Å². The van der Waals surface area contributed by atoms with Crippen LogP contribution in [0.4, 0.5) is 0 Å². The molecule has 2 aromatic heterocycles. The number of hydrogen-bond acceptors (Lipinski definition) is 3. The summed E-state index contributed by atoms with van der Waals surface area (Å²) in [6.45, 7) is 1.96. The number of aromatic amines is 1. The third-order valence-electron chi connectivity index (χ3n) is 1.88. The van der Waals surface area contributed by atoms with Crippen LogP contribution in [0.3, 0.4) is 0 Å². The van der Waals surface area contributed by atoms with E-state index in [1.807, 2.05) is 18.4 Å². The minimum Gasteiger partial charge on any atom is -0.267 e. The van der Waals surface area contributed by atoms with E-state index in [4.69, 9.17) is 11.6 Å². The molecule has 14 heavy (non-hydrogen) atoms. The van der Waals surface area contributed by atoms with E-state index in [1.165, 1.54) is 11.3 Å². The van der Waals surface area contributed by atoms with Gasteiger partial charge in [0.05, 0.1) is 5.56 Å². The van der Waals surface area contributed by atoms with E-state index in [1.54, 1.807) is 6.07 Å². The molecule has 5 heteroatoms. The molecule has 0 bridgehead atoms. The van der Waals surface area contributed by atoms with Crippen molar-refractivity contribution in [3.8, 4) is 10.4 Å². The van der Waals surface area contributed by atoms with E-state index in [0.717, 1.165) is 10.4 Å². The Bertz CT molecular complexity index is 518. The van der Waals surface area contributed by atoms with Gasteiger partial charge < -0.3 is 0 Å². The number of aromatic nitrogens is 2. The van der Waals surface area contributed by atoms with E-state index < -0.39 is 0 Å². The number of halogens is 1. The van der Waals surface area contributed by atoms with Gasteiger partial charge in [0.2, 0.25) is 0 Å². The molecule has 0 aliphatic rings. The first-order chi connectivity index (χ1) is 6.68. The van der Waals surface area contributed by atoms with Gasteiger partial charge in [-0.1, -0.05) is 11.6 Å². The largest absolute Gasteiger partial charge is 0.272 e. The van der Waals surface area contributed by atoms with Gasteiger partial charge in [-0.25, -0.2) is 5.10 Å². The Balaban J connectivity index is 2.68. The Morgan fingerprint density at radius 2 is 2.36 bits per heavy atom. The van der Waals surface area contributed by atoms with Crippen LogP contribution in [-0.2, 0) is 0 Å². The molecular weight excluding hydrogens is 220 g/mol. The molecule has 2 heterocycles. The highest BCUT2D eigenvalue weighted by Crippen LogP contribution is 2.26. The average molecular weight is 227 g/mol. The second kappa shape index (κ2) is 3.55. The molecule has 0 spiro atoms. The second-order valence-electron chi connectivity index (χ2n) is 2.87. The summed E-state index contributed by atoms with van der Waals surface area (Å²) in [6, 6.07) is 3.55. The molecule has 72 valence electrons. The highest BCUT2D eigenvalue weighted by molar-refractivity contribution is 7.13. The molecule has 0 radical (unpaired) electrons. The monoisotopic (exact) mass is 226 g/mol. The van der Waals surface area contributed by atoms with Crippen LogP contribution in [0.1, 0.15) is 5.56 Å². The number of nitrogens with zero attached hydrogens (tertiary/aromatic N) is 1. The van der Waals surface area contributed by atoms with Crippen molar-refractivity contribution < 1.29 is 0 Å². The zero-order chi connectivity index (χ0) is 10.1. The molecular formula is C9H7ClN2OS. The van der Waals surface area contributed by atoms with Gasteiger partial charge in [-0.05, 0) is 30.0 Å². The Morgan fingerprint density at radius 1 is 1.57 bits per heavy atom. The molecule has 0 fully saturated rings. The van der Waals surface area contributed by atoms with Gasteiger partial charge in [-0.2, -0.15) is 5.10 Å². The molecule has 2 rings (SSSR count). The van der Waals surface area contributed by atoms with Gasteiger partial charge >= 0.3 is 0 Å². The standard InChI is InChI=1S/C9H7ClN2OS/c1-5-2-3-14-8(5)6-4-7(10)11-12-9(6)13/h2-4H,1H3,(H,12,13). The van der Waals surface area contributed by atoms with Crippen LogP contribution in [0, 0.1) is 6.92 Å². The molecule has 0 atom stereocenters. The summed E-state index contributed by atoms with van der Waals surface area (Å²) in [5, 5.41) is 8.21. The predicted octanol–water partition coefficient (Wildman–Crippen LogP) is 2.46. The lowest BCUT2D eigenvalue weighted by atomic mass is 10.2. The smallest absolute Gasteiger partial charge is 0.267 e. The maximum atomic E-state index is 11.5. The van der Waals surface area contributed by atoms with Crippen LogP contribution < -0.4 is 5.56 Å². The first-order valence-electron chi connectivity index (χ1n) is 3.98. The zero-order valence-electron chi connectivity index (χ0n) is 7.37. The van der Waals surface area contributed by atoms with E-state index in [9.17, 15) is 4.79 Å². The Labute approximate surface area is 89.4 Å². The fraction of sp³-hybridized carbons (Fsp3) is 0.111. The van der Waals surface area contributed by atoms with Gasteiger partial charge in [0.1, 0.15) is 5.15 Å². The second-order valence-corrected chi connectivity index (χ2v) is 4.17. The molecule has 0 amide bonds. The van der Waals surface area contributed by atoms with Crippen molar-refractivity contribution in [1.82, 2.24) is 10.2 Å². The van der Waals surface area contributed by atoms with Crippen molar-refractivity contribution >= 4 is 22.9 Å². The SMILES string of the molecule is Cc1ccsc1-c1cc(Cl)n[nH]c1=O. The Hall–Kier alpha value is -1.13. The number of aryl methyl sites for hydroxylation is 1. The Morgan fingerprint density at radius 3 is 3.00 bits per heavy atom. The van der Waals surface area contributed by atoms with Crippen molar-refractivity contribution in [2.75, 3.05) is 0 Å². The molecule has 0 saturated heterocycles. The van der Waals surface area contributed by atoms with Crippen molar-refractivity contribution in [1.29, 1.82) is 0 Å². The highest BCUT2D eigenvalue weighted by Gasteiger charge is 2.08. The predicted molar refractivity (Wildman–Crippen MR) is 57.9 cm³/mol. The molecule has 0 aliphatic carbocycles. The van der Waals surface area contributed by atoms with Crippen molar-refractivity contribution in [2.45, 2.75) is 6.92 Å². The number of H-pyrrole nitrogens is 1. The van der Waals surface area contributed by atoms with E-state index >= 15 is 0 Å². The number of nitrogens with one attached hydrogen (secondary N) is 1. The summed E-state index contributed by atoms with van der Waals surface area (Å²) < 4.78 is 0. The first kappa shape index (κ1) is 9.43. The van der Waals surface area contributed by atoms with E-state index in [2.05, 4.69) is 10.2 Å². The van der Waals surface area contributed by atoms with Gasteiger partial charge in [-0.3, -0.25) is 4.79 Å². The zero-order valence-corrected chi connectivity index (χ0v) is 8.95. The van der Waals surface area contributed by atoms with E-state index in [-0.39, 0.29) is 5.56 Å². The lowest BCUT2D eigenvalue weighted by Crippen LogP contribution is -2.10. The fourth-order valence-corrected chi connectivity index (χ4v) is 2.29. The minimum atomic E-state index is -0.208. The van der Waals surface area contributed by atoms with Crippen LogP contribution in [0.25, 0.3) is 10.4 Å². The molecule has 0 saturated carbocycles. The van der Waals surface area contributed by atoms with Crippen molar-refractivity contribution in [2.24, 2.45) is 0 Å². The topological polar surface area (TPSA) is 45.8 Å². The lowest BCUT2D eigenvalue weighted by Gasteiger charge is -1.98. The first-order valence-corrected chi connectivity index (χ1v) is 5.24. The maximum Gasteiger partial charge on any atom is 0.272 e. The normalized spacial score (nSPS) is 10.4. The number of thiophene rings is 1.